The molecule has 5 unspecified atom stereocenters. The van der Waals surface area contributed by atoms with Crippen molar-refractivity contribution >= 4 is 39.5 Å². The van der Waals surface area contributed by atoms with Crippen LogP contribution in [0, 0.1) is 0 Å². The first-order valence-corrected chi connectivity index (χ1v) is 44.7. The number of aliphatic hydroxyl groups is 1. The zero-order valence-electron chi connectivity index (χ0n) is 68.1. The third-order valence-corrected chi connectivity index (χ3v) is 18.4. The molecule has 622 valence electrons. The number of hydrogen-bond acceptors (Lipinski definition) is 15. The lowest BCUT2D eigenvalue weighted by Crippen LogP contribution is -2.30. The lowest BCUT2D eigenvalue weighted by molar-refractivity contribution is -0.161. The number of phosphoric acid groups is 2. The smallest absolute Gasteiger partial charge is 0.462 e. The van der Waals surface area contributed by atoms with Gasteiger partial charge in [-0.25, -0.2) is 9.13 Å². The van der Waals surface area contributed by atoms with Crippen molar-refractivity contribution in [1.82, 2.24) is 0 Å². The molecule has 0 aliphatic rings. The number of allylic oxidation sites excluding steroid dienone is 32. The van der Waals surface area contributed by atoms with Crippen LogP contribution in [-0.2, 0) is 65.4 Å². The fraction of sp³-hybridized carbons (Fsp3) is 0.604. The Morgan fingerprint density at radius 1 is 0.255 bits per heavy atom. The molecule has 0 aliphatic heterocycles. The molecule has 0 saturated heterocycles. The minimum atomic E-state index is -5.01. The van der Waals surface area contributed by atoms with Gasteiger partial charge in [0, 0.05) is 25.7 Å². The molecule has 110 heavy (non-hydrogen) atoms. The predicted octanol–water partition coefficient (Wildman–Crippen LogP) is 24.9. The van der Waals surface area contributed by atoms with Crippen LogP contribution in [0.2, 0.25) is 0 Å². The van der Waals surface area contributed by atoms with Gasteiger partial charge in [-0.1, -0.05) is 286 Å². The van der Waals surface area contributed by atoms with Gasteiger partial charge < -0.3 is 33.8 Å². The first-order chi connectivity index (χ1) is 53.7. The van der Waals surface area contributed by atoms with E-state index >= 15 is 0 Å². The van der Waals surface area contributed by atoms with E-state index in [9.17, 15) is 43.2 Å². The quantitative estimate of drug-likeness (QED) is 0.0169. The molecule has 17 nitrogen and oxygen atoms in total. The van der Waals surface area contributed by atoms with E-state index in [0.717, 1.165) is 212 Å². The highest BCUT2D eigenvalue weighted by molar-refractivity contribution is 7.47. The monoisotopic (exact) mass is 1570 g/mol. The zero-order valence-corrected chi connectivity index (χ0v) is 69.9. The highest BCUT2D eigenvalue weighted by atomic mass is 31.2. The maximum Gasteiger partial charge on any atom is 0.472 e. The Kier molecular flexibility index (Phi) is 76.4. The van der Waals surface area contributed by atoms with Crippen LogP contribution >= 0.6 is 15.6 Å². The van der Waals surface area contributed by atoms with Gasteiger partial charge in [-0.3, -0.25) is 37.3 Å². The van der Waals surface area contributed by atoms with Crippen LogP contribution in [0.1, 0.15) is 297 Å². The number of carbonyl (C=O) groups excluding carboxylic acids is 4. The van der Waals surface area contributed by atoms with E-state index in [1.807, 2.05) is 0 Å². The van der Waals surface area contributed by atoms with Crippen molar-refractivity contribution in [3.8, 4) is 0 Å². The number of carbonyl (C=O) groups is 4. The highest BCUT2D eigenvalue weighted by Gasteiger charge is 2.30. The molecular weight excluding hydrogens is 1430 g/mol. The van der Waals surface area contributed by atoms with E-state index < -0.39 is 97.5 Å². The molecule has 0 aromatic rings. The minimum absolute atomic E-state index is 0.0272. The van der Waals surface area contributed by atoms with Crippen molar-refractivity contribution in [3.63, 3.8) is 0 Å². The highest BCUT2D eigenvalue weighted by Crippen LogP contribution is 2.45. The second kappa shape index (κ2) is 80.9. The average Bonchev–Trinajstić information content (AvgIpc) is 0.899. The van der Waals surface area contributed by atoms with Crippen molar-refractivity contribution in [2.75, 3.05) is 39.6 Å². The molecule has 19 heteroatoms. The summed E-state index contributed by atoms with van der Waals surface area (Å²) in [5, 5.41) is 10.7. The van der Waals surface area contributed by atoms with E-state index in [2.05, 4.69) is 222 Å². The first-order valence-electron chi connectivity index (χ1n) is 41.7. The maximum atomic E-state index is 13.1. The molecule has 0 saturated carbocycles. The van der Waals surface area contributed by atoms with Crippen LogP contribution in [0.4, 0.5) is 0 Å². The molecule has 3 N–H and O–H groups in total. The second-order valence-electron chi connectivity index (χ2n) is 26.9. The SMILES string of the molecule is CC/C=C\C/C=C\C/C=C\C/C=C\C/C=C\CCCCCC(=O)OCC(COP(=O)(O)OCC(O)COP(=O)(O)OCC(COC(=O)CCCCCCCC/C=C\C/C=C\C/C=C\C/C=C\CC)OC(=O)CCCCCCCCC/C=C\C/C=C\C/C=C\CC)OC(=O)CCCC/C=C\C/C=C\C/C=C\C/C=C\CC. The number of unbranched alkanes of at least 4 members (excludes halogenated alkanes) is 18. The van der Waals surface area contributed by atoms with Crippen molar-refractivity contribution < 1.29 is 80.2 Å². The van der Waals surface area contributed by atoms with E-state index in [1.54, 1.807) is 0 Å². The number of ether oxygens (including phenoxy) is 4. The number of aliphatic hydroxyl groups excluding tert-OH is 1. The number of hydrogen-bond donors (Lipinski definition) is 3. The molecule has 0 radical (unpaired) electrons. The molecule has 0 bridgehead atoms. The van der Waals surface area contributed by atoms with E-state index in [1.165, 1.54) is 0 Å². The van der Waals surface area contributed by atoms with Gasteiger partial charge in [-0.05, 0) is 180 Å². The number of phosphoric ester groups is 2. The fourth-order valence-electron chi connectivity index (χ4n) is 10.4. The Morgan fingerprint density at radius 2 is 0.445 bits per heavy atom. The van der Waals surface area contributed by atoms with Crippen LogP contribution in [0.3, 0.4) is 0 Å². The topological polar surface area (TPSA) is 237 Å². The van der Waals surface area contributed by atoms with Gasteiger partial charge in [0.25, 0.3) is 0 Å². The van der Waals surface area contributed by atoms with Gasteiger partial charge >= 0.3 is 39.5 Å². The van der Waals surface area contributed by atoms with Gasteiger partial charge in [0.05, 0.1) is 26.4 Å². The normalized spacial score (nSPS) is 14.8. The van der Waals surface area contributed by atoms with Gasteiger partial charge in [0.1, 0.15) is 19.3 Å². The summed E-state index contributed by atoms with van der Waals surface area (Å²) in [7, 11) is -10.0. The van der Waals surface area contributed by atoms with Crippen LogP contribution < -0.4 is 0 Å². The molecule has 5 atom stereocenters. The van der Waals surface area contributed by atoms with Crippen molar-refractivity contribution in [2.45, 2.75) is 316 Å². The largest absolute Gasteiger partial charge is 0.472 e. The second-order valence-corrected chi connectivity index (χ2v) is 29.8. The molecule has 0 rings (SSSR count). The van der Waals surface area contributed by atoms with E-state index in [4.69, 9.17) is 37.0 Å². The van der Waals surface area contributed by atoms with E-state index in [-0.39, 0.29) is 25.7 Å². The summed E-state index contributed by atoms with van der Waals surface area (Å²) < 4.78 is 68.7. The van der Waals surface area contributed by atoms with E-state index in [0.29, 0.717) is 32.1 Å². The molecule has 0 aromatic heterocycles. The molecule has 0 fully saturated rings. The molecule has 0 aliphatic carbocycles. The summed E-state index contributed by atoms with van der Waals surface area (Å²) in [6.45, 7) is 4.30. The van der Waals surface area contributed by atoms with Gasteiger partial charge in [-0.15, -0.1) is 0 Å². The summed E-state index contributed by atoms with van der Waals surface area (Å²) in [6, 6.07) is 0. The molecular formula is C91H146O17P2. The maximum absolute atomic E-state index is 13.1. The lowest BCUT2D eigenvalue weighted by Gasteiger charge is -2.21. The third kappa shape index (κ3) is 80.0. The van der Waals surface area contributed by atoms with Crippen LogP contribution in [0.25, 0.3) is 0 Å². The molecule has 0 spiro atoms. The van der Waals surface area contributed by atoms with Gasteiger partial charge in [0.15, 0.2) is 12.2 Å². The Bertz CT molecular complexity index is 2850. The van der Waals surface area contributed by atoms with Crippen LogP contribution in [0.5, 0.6) is 0 Å². The summed E-state index contributed by atoms with van der Waals surface area (Å²) in [6.07, 6.45) is 99.7. The predicted molar refractivity (Wildman–Crippen MR) is 454 cm³/mol. The Morgan fingerprint density at radius 3 is 0.709 bits per heavy atom. The van der Waals surface area contributed by atoms with Gasteiger partial charge in [-0.2, -0.15) is 0 Å². The Balaban J connectivity index is 5.48. The summed E-state index contributed by atoms with van der Waals surface area (Å²) in [4.78, 5) is 73.2. The van der Waals surface area contributed by atoms with Crippen LogP contribution in [-0.4, -0.2) is 96.7 Å². The summed E-state index contributed by atoms with van der Waals surface area (Å²) in [5.74, 6) is -2.30. The third-order valence-electron chi connectivity index (χ3n) is 16.5. The van der Waals surface area contributed by atoms with Crippen molar-refractivity contribution in [2.24, 2.45) is 0 Å². The van der Waals surface area contributed by atoms with Crippen molar-refractivity contribution in [3.05, 3.63) is 194 Å². The first kappa shape index (κ1) is 104. The van der Waals surface area contributed by atoms with Crippen molar-refractivity contribution in [1.29, 1.82) is 0 Å². The van der Waals surface area contributed by atoms with Crippen LogP contribution in [0.15, 0.2) is 194 Å². The average molecular weight is 1570 g/mol. The fourth-order valence-corrected chi connectivity index (χ4v) is 11.9. The van der Waals surface area contributed by atoms with Gasteiger partial charge in [0.2, 0.25) is 0 Å². The summed E-state index contributed by atoms with van der Waals surface area (Å²) >= 11 is 0. The standard InChI is InChI=1S/C91H146O17P2/c1-5-9-13-17-21-25-29-33-37-40-42-45-48-51-55-59-63-67-71-75-88(93)101-81-86(107-90(95)77-73-69-65-61-57-53-47-36-32-28-24-20-16-12-8-4)83-105-109(97,98)103-79-85(92)80-104-110(99,100)106-84-87(108-91(96)78-74-70-66-62-58-54-50-44-39-35-31-27-23-19-15-11-7-3)82-102-89(94)76-72-68-64-60-56-52-49-46-43-41-38-34-30-26-22-18-14-10-6-2/h9-16,21-28,33-39,42-43,45-47,51,55,57,61,85-87,92H,5-8,17-20,29-32,40-41,44,48-50,52-54,56,58-60,62-84H2,1-4H3,(H,97,98)(H,99,100)/b13-9-,14-10-,15-11-,16-12-,25-21-,26-22-,27-23-,28-24-,37-33-,38-34-,39-35-,45-42-,46-43-,47-36-,55-51-,61-57-. The lowest BCUT2D eigenvalue weighted by atomic mass is 10.1. The minimum Gasteiger partial charge on any atom is -0.462 e. The zero-order chi connectivity index (χ0) is 80.3. The molecule has 0 heterocycles. The summed E-state index contributed by atoms with van der Waals surface area (Å²) in [5.41, 5.74) is 0. The Labute approximate surface area is 666 Å². The molecule has 0 amide bonds. The Hall–Kier alpha value is -6.10. The number of esters is 4. The molecule has 0 aromatic carbocycles. The number of rotatable bonds is 76.